The van der Waals surface area contributed by atoms with E-state index < -0.39 is 21.7 Å². The lowest BCUT2D eigenvalue weighted by atomic mass is 9.97. The van der Waals surface area contributed by atoms with E-state index in [2.05, 4.69) is 0 Å². The van der Waals surface area contributed by atoms with Crippen molar-refractivity contribution in [2.45, 2.75) is 23.4 Å². The molecule has 0 aromatic heterocycles. The number of hydrogen-bond donors (Lipinski definition) is 0. The molecule has 1 fully saturated rings. The van der Waals surface area contributed by atoms with Crippen LogP contribution in [0.25, 0.3) is 0 Å². The van der Waals surface area contributed by atoms with Gasteiger partial charge in [0.1, 0.15) is 19.0 Å². The maximum absolute atomic E-state index is 13.2. The third kappa shape index (κ3) is 3.70. The standard InChI is InChI=1S/C23H25N3O7S/c1-24(2)34(30,31)17-10-8-16(9-11-17)32-14-15-33-22(29)23-13-12-20(27)26(23)19-7-5-4-6-18(19)21(28)25(23)3/h4-11H,12-15H2,1-3H3/t23-/m1/s1. The number of esters is 1. The van der Waals surface area contributed by atoms with E-state index >= 15 is 0 Å². The van der Waals surface area contributed by atoms with Crippen LogP contribution >= 0.6 is 0 Å². The van der Waals surface area contributed by atoms with E-state index in [0.717, 1.165) is 4.31 Å². The van der Waals surface area contributed by atoms with Crippen LogP contribution < -0.4 is 9.64 Å². The molecule has 2 heterocycles. The summed E-state index contributed by atoms with van der Waals surface area (Å²) in [6.45, 7) is -0.117. The lowest BCUT2D eigenvalue weighted by Crippen LogP contribution is -2.67. The summed E-state index contributed by atoms with van der Waals surface area (Å²) in [4.78, 5) is 41.6. The molecule has 11 heteroatoms. The van der Waals surface area contributed by atoms with Gasteiger partial charge in [-0.05, 0) is 36.4 Å². The Morgan fingerprint density at radius 1 is 1.06 bits per heavy atom. The molecular formula is C23H25N3O7S. The van der Waals surface area contributed by atoms with Gasteiger partial charge in [-0.2, -0.15) is 0 Å². The molecule has 0 unspecified atom stereocenters. The number of amides is 2. The molecule has 1 atom stereocenters. The maximum atomic E-state index is 13.2. The molecule has 1 saturated heterocycles. The fourth-order valence-corrected chi connectivity index (χ4v) is 5.12. The maximum Gasteiger partial charge on any atom is 0.353 e. The highest BCUT2D eigenvalue weighted by Crippen LogP contribution is 2.44. The normalized spacial score (nSPS) is 19.8. The zero-order chi connectivity index (χ0) is 24.7. The summed E-state index contributed by atoms with van der Waals surface area (Å²) in [6, 6.07) is 12.6. The lowest BCUT2D eigenvalue weighted by Gasteiger charge is -2.46. The summed E-state index contributed by atoms with van der Waals surface area (Å²) in [5, 5.41) is 0. The number of para-hydroxylation sites is 1. The van der Waals surface area contributed by atoms with Crippen LogP contribution in [0.2, 0.25) is 0 Å². The van der Waals surface area contributed by atoms with E-state index in [9.17, 15) is 22.8 Å². The monoisotopic (exact) mass is 487 g/mol. The minimum Gasteiger partial charge on any atom is -0.490 e. The van der Waals surface area contributed by atoms with Gasteiger partial charge < -0.3 is 14.4 Å². The smallest absolute Gasteiger partial charge is 0.353 e. The lowest BCUT2D eigenvalue weighted by molar-refractivity contribution is -0.157. The van der Waals surface area contributed by atoms with Crippen molar-refractivity contribution < 1.29 is 32.3 Å². The molecule has 0 radical (unpaired) electrons. The molecule has 0 N–H and O–H groups in total. The number of ether oxygens (including phenoxy) is 2. The van der Waals surface area contributed by atoms with Crippen LogP contribution in [0.15, 0.2) is 53.4 Å². The van der Waals surface area contributed by atoms with Crippen molar-refractivity contribution in [1.82, 2.24) is 9.21 Å². The quantitative estimate of drug-likeness (QED) is 0.429. The predicted molar refractivity (Wildman–Crippen MR) is 122 cm³/mol. The number of sulfonamides is 1. The number of rotatable bonds is 7. The van der Waals surface area contributed by atoms with E-state index in [-0.39, 0.29) is 42.8 Å². The number of carbonyl (C=O) groups excluding carboxylic acids is 3. The van der Waals surface area contributed by atoms with Crippen LogP contribution in [0.3, 0.4) is 0 Å². The molecule has 10 nitrogen and oxygen atoms in total. The molecular weight excluding hydrogens is 462 g/mol. The van der Waals surface area contributed by atoms with E-state index in [0.29, 0.717) is 17.0 Å². The molecule has 2 amide bonds. The Bertz CT molecular complexity index is 1240. The van der Waals surface area contributed by atoms with Crippen molar-refractivity contribution in [3.8, 4) is 5.75 Å². The first-order valence-electron chi connectivity index (χ1n) is 10.6. The highest BCUT2D eigenvalue weighted by molar-refractivity contribution is 7.89. The fraction of sp³-hybridized carbons (Fsp3) is 0.348. The van der Waals surface area contributed by atoms with Crippen LogP contribution in [0.1, 0.15) is 23.2 Å². The highest BCUT2D eigenvalue weighted by Gasteiger charge is 2.60. The first kappa shape index (κ1) is 23.7. The number of likely N-dealkylation sites (N-methyl/N-ethyl adjacent to an activating group) is 1. The Morgan fingerprint density at radius 2 is 1.74 bits per heavy atom. The van der Waals surface area contributed by atoms with Gasteiger partial charge in [0.05, 0.1) is 16.1 Å². The van der Waals surface area contributed by atoms with Crippen molar-refractivity contribution in [2.24, 2.45) is 0 Å². The van der Waals surface area contributed by atoms with Crippen molar-refractivity contribution in [2.75, 3.05) is 39.3 Å². The first-order chi connectivity index (χ1) is 16.1. The second kappa shape index (κ2) is 8.73. The Hall–Kier alpha value is -3.44. The van der Waals surface area contributed by atoms with E-state index in [4.69, 9.17) is 9.47 Å². The van der Waals surface area contributed by atoms with Gasteiger partial charge in [-0.3, -0.25) is 14.5 Å². The second-order valence-corrected chi connectivity index (χ2v) is 10.3. The Morgan fingerprint density at radius 3 is 2.41 bits per heavy atom. The fourth-order valence-electron chi connectivity index (χ4n) is 4.22. The molecule has 2 aromatic carbocycles. The number of benzene rings is 2. The van der Waals surface area contributed by atoms with Gasteiger partial charge in [-0.15, -0.1) is 0 Å². The number of hydrogen-bond acceptors (Lipinski definition) is 7. The molecule has 0 aliphatic carbocycles. The van der Waals surface area contributed by atoms with Crippen LogP contribution in [0.4, 0.5) is 5.69 Å². The minimum absolute atomic E-state index is 0.00376. The van der Waals surface area contributed by atoms with Crippen LogP contribution in [0.5, 0.6) is 5.75 Å². The highest BCUT2D eigenvalue weighted by atomic mass is 32.2. The summed E-state index contributed by atoms with van der Waals surface area (Å²) >= 11 is 0. The molecule has 0 saturated carbocycles. The Kier molecular flexibility index (Phi) is 6.09. The largest absolute Gasteiger partial charge is 0.490 e. The zero-order valence-corrected chi connectivity index (χ0v) is 19.9. The average molecular weight is 488 g/mol. The van der Waals surface area contributed by atoms with E-state index in [1.54, 1.807) is 24.3 Å². The molecule has 2 aromatic rings. The number of nitrogens with zero attached hydrogens (tertiary/aromatic N) is 3. The summed E-state index contributed by atoms with van der Waals surface area (Å²) in [7, 11) is 0.842. The second-order valence-electron chi connectivity index (χ2n) is 8.17. The van der Waals surface area contributed by atoms with E-state index in [1.165, 1.54) is 55.2 Å². The Balaban J connectivity index is 1.43. The molecule has 2 aliphatic rings. The number of fused-ring (bicyclic) bond motifs is 3. The summed E-state index contributed by atoms with van der Waals surface area (Å²) in [5.74, 6) is -0.918. The van der Waals surface area contributed by atoms with Crippen LogP contribution in [-0.2, 0) is 24.3 Å². The van der Waals surface area contributed by atoms with Gasteiger partial charge in [0.15, 0.2) is 0 Å². The van der Waals surface area contributed by atoms with Gasteiger partial charge in [-0.1, -0.05) is 12.1 Å². The predicted octanol–water partition coefficient (Wildman–Crippen LogP) is 1.47. The summed E-state index contributed by atoms with van der Waals surface area (Å²) < 4.78 is 36.4. The average Bonchev–Trinajstić information content (AvgIpc) is 3.18. The number of anilines is 1. The van der Waals surface area contributed by atoms with Crippen molar-refractivity contribution >= 4 is 33.5 Å². The molecule has 4 rings (SSSR count). The molecule has 180 valence electrons. The van der Waals surface area contributed by atoms with Crippen molar-refractivity contribution in [3.63, 3.8) is 0 Å². The van der Waals surface area contributed by atoms with Gasteiger partial charge in [-0.25, -0.2) is 17.5 Å². The minimum atomic E-state index is -3.54. The Labute approximate surface area is 197 Å². The van der Waals surface area contributed by atoms with Gasteiger partial charge in [0, 0.05) is 34.0 Å². The van der Waals surface area contributed by atoms with E-state index in [1.807, 2.05) is 0 Å². The SMILES string of the molecule is CN1C(=O)c2ccccc2N2C(=O)CC[C@@]12C(=O)OCCOc1ccc(S(=O)(=O)N(C)C)cc1. The molecule has 34 heavy (non-hydrogen) atoms. The molecule has 2 aliphatic heterocycles. The molecule has 0 bridgehead atoms. The summed E-state index contributed by atoms with van der Waals surface area (Å²) in [5.41, 5.74) is -0.786. The van der Waals surface area contributed by atoms with Crippen molar-refractivity contribution in [1.29, 1.82) is 0 Å². The molecule has 0 spiro atoms. The van der Waals surface area contributed by atoms with Crippen LogP contribution in [-0.4, -0.2) is 75.4 Å². The third-order valence-corrected chi connectivity index (χ3v) is 7.89. The van der Waals surface area contributed by atoms with Crippen molar-refractivity contribution in [3.05, 3.63) is 54.1 Å². The zero-order valence-electron chi connectivity index (χ0n) is 19.1. The van der Waals surface area contributed by atoms with Gasteiger partial charge >= 0.3 is 5.97 Å². The first-order valence-corrected chi connectivity index (χ1v) is 12.1. The van der Waals surface area contributed by atoms with Gasteiger partial charge in [0.2, 0.25) is 21.6 Å². The van der Waals surface area contributed by atoms with Gasteiger partial charge in [0.25, 0.3) is 5.91 Å². The topological polar surface area (TPSA) is 114 Å². The summed E-state index contributed by atoms with van der Waals surface area (Å²) in [6.07, 6.45) is 0.240. The van der Waals surface area contributed by atoms with Crippen LogP contribution in [0, 0.1) is 0 Å². The third-order valence-electron chi connectivity index (χ3n) is 6.06. The number of carbonyl (C=O) groups is 3.